The Balaban J connectivity index is 1.32. The van der Waals surface area contributed by atoms with Crippen molar-refractivity contribution >= 4 is 52.0 Å². The molecule has 0 radical (unpaired) electrons. The number of carbonyl (C=O) groups is 1. The van der Waals surface area contributed by atoms with Crippen molar-refractivity contribution in [1.29, 1.82) is 5.41 Å². The number of fused-ring (bicyclic) bond motifs is 1. The van der Waals surface area contributed by atoms with E-state index < -0.39 is 5.91 Å². The van der Waals surface area contributed by atoms with E-state index in [4.69, 9.17) is 31.2 Å². The molecule has 204 valence electrons. The number of benzene rings is 3. The quantitative estimate of drug-likeness (QED) is 0.217. The number of nitrogens with zero attached hydrogens (tertiary/aromatic N) is 2. The largest absolute Gasteiger partial charge is 0.490 e. The summed E-state index contributed by atoms with van der Waals surface area (Å²) in [6, 6.07) is 18.8. The Kier molecular flexibility index (Phi) is 8.28. The average Bonchev–Trinajstić information content (AvgIpc) is 3.36. The third-order valence-corrected chi connectivity index (χ3v) is 7.59. The molecule has 0 aromatic heterocycles. The molecule has 3 aromatic rings. The number of hydrogen-bond donors (Lipinski definition) is 1. The van der Waals surface area contributed by atoms with Crippen LogP contribution in [0, 0.1) is 19.3 Å². The smallest absolute Gasteiger partial charge is 0.283 e. The van der Waals surface area contributed by atoms with Gasteiger partial charge in [-0.05, 0) is 73.9 Å². The molecule has 1 amide bonds. The van der Waals surface area contributed by atoms with Crippen molar-refractivity contribution in [2.24, 2.45) is 4.99 Å². The first kappa shape index (κ1) is 27.6. The van der Waals surface area contributed by atoms with E-state index in [1.165, 1.54) is 22.9 Å². The van der Waals surface area contributed by atoms with Crippen LogP contribution in [-0.4, -0.2) is 41.6 Å². The zero-order valence-corrected chi connectivity index (χ0v) is 23.9. The van der Waals surface area contributed by atoms with Gasteiger partial charge in [-0.15, -0.1) is 0 Å². The Bertz CT molecular complexity index is 1580. The maximum Gasteiger partial charge on any atom is 0.283 e. The highest BCUT2D eigenvalue weighted by Crippen LogP contribution is 2.40. The van der Waals surface area contributed by atoms with E-state index in [0.29, 0.717) is 52.8 Å². The first-order valence-corrected chi connectivity index (χ1v) is 14.1. The molecule has 1 N–H and O–H groups in total. The van der Waals surface area contributed by atoms with Crippen LogP contribution < -0.4 is 14.2 Å². The van der Waals surface area contributed by atoms with Gasteiger partial charge in [-0.25, -0.2) is 0 Å². The first-order valence-electron chi connectivity index (χ1n) is 12.8. The summed E-state index contributed by atoms with van der Waals surface area (Å²) < 4.78 is 17.6. The Morgan fingerprint density at radius 2 is 1.77 bits per heavy atom. The summed E-state index contributed by atoms with van der Waals surface area (Å²) in [4.78, 5) is 18.8. The second kappa shape index (κ2) is 12.0. The molecule has 0 spiro atoms. The lowest BCUT2D eigenvalue weighted by Gasteiger charge is -2.27. The third kappa shape index (κ3) is 5.78. The Morgan fingerprint density at radius 3 is 2.55 bits per heavy atom. The van der Waals surface area contributed by atoms with Gasteiger partial charge >= 0.3 is 0 Å². The molecular formula is C31H28ClN3O4S. The SMILES string of the molecule is CCOc1cc(/C=C2\C(=N)N3C(c4ccccc4Cl)=CSC3=NC2=O)ccc1OCCOc1ccc(C)c(C)c1. The van der Waals surface area contributed by atoms with Crippen molar-refractivity contribution < 1.29 is 19.0 Å². The number of rotatable bonds is 9. The fourth-order valence-corrected chi connectivity index (χ4v) is 5.36. The van der Waals surface area contributed by atoms with Gasteiger partial charge in [0.1, 0.15) is 24.8 Å². The lowest BCUT2D eigenvalue weighted by molar-refractivity contribution is -0.114. The highest BCUT2D eigenvalue weighted by Gasteiger charge is 2.36. The van der Waals surface area contributed by atoms with Crippen LogP contribution in [-0.2, 0) is 4.79 Å². The second-order valence-corrected chi connectivity index (χ2v) is 10.4. The summed E-state index contributed by atoms with van der Waals surface area (Å²) in [5.74, 6) is 1.47. The van der Waals surface area contributed by atoms with E-state index in [0.717, 1.165) is 11.3 Å². The molecule has 0 saturated heterocycles. The van der Waals surface area contributed by atoms with Gasteiger partial charge in [-0.1, -0.05) is 53.7 Å². The topological polar surface area (TPSA) is 84.2 Å². The number of halogens is 1. The summed E-state index contributed by atoms with van der Waals surface area (Å²) in [6.45, 7) is 7.15. The number of hydrogen-bond acceptors (Lipinski definition) is 6. The molecule has 2 heterocycles. The first-order chi connectivity index (χ1) is 19.4. The van der Waals surface area contributed by atoms with Gasteiger partial charge in [0.2, 0.25) is 0 Å². The van der Waals surface area contributed by atoms with Crippen LogP contribution in [0.15, 0.2) is 76.6 Å². The standard InChI is InChI=1S/C31H28ClN3O4S/c1-4-37-28-17-21(10-12-27(28)39-14-13-38-22-11-9-19(2)20(3)15-22)16-24-29(33)35-26(18-40-31(35)34-30(24)36)23-7-5-6-8-25(23)32/h5-12,15-18,33H,4,13-14H2,1-3H3/b24-16+,33-29?. The van der Waals surface area contributed by atoms with Crippen LogP contribution in [0.2, 0.25) is 5.02 Å². The van der Waals surface area contributed by atoms with Gasteiger partial charge < -0.3 is 14.2 Å². The van der Waals surface area contributed by atoms with Gasteiger partial charge in [-0.2, -0.15) is 4.99 Å². The van der Waals surface area contributed by atoms with Crippen LogP contribution in [0.1, 0.15) is 29.2 Å². The number of amidine groups is 2. The Hall–Kier alpha value is -4.01. The van der Waals surface area contributed by atoms with Crippen LogP contribution in [0.3, 0.4) is 0 Å². The van der Waals surface area contributed by atoms with E-state index in [1.54, 1.807) is 29.2 Å². The second-order valence-electron chi connectivity index (χ2n) is 9.12. The fourth-order valence-electron chi connectivity index (χ4n) is 4.24. The monoisotopic (exact) mass is 573 g/mol. The van der Waals surface area contributed by atoms with E-state index in [-0.39, 0.29) is 11.4 Å². The van der Waals surface area contributed by atoms with Crippen molar-refractivity contribution in [3.8, 4) is 17.2 Å². The van der Waals surface area contributed by atoms with E-state index in [9.17, 15) is 4.79 Å². The molecule has 3 aromatic carbocycles. The van der Waals surface area contributed by atoms with Crippen LogP contribution >= 0.6 is 23.4 Å². The molecule has 9 heteroatoms. The Morgan fingerprint density at radius 1 is 0.975 bits per heavy atom. The predicted molar refractivity (Wildman–Crippen MR) is 162 cm³/mol. The minimum absolute atomic E-state index is 0.0351. The molecule has 2 aliphatic heterocycles. The summed E-state index contributed by atoms with van der Waals surface area (Å²) in [5, 5.41) is 11.7. The molecule has 0 fully saturated rings. The van der Waals surface area contributed by atoms with Gasteiger partial charge in [0.15, 0.2) is 16.7 Å². The van der Waals surface area contributed by atoms with Crippen LogP contribution in [0.25, 0.3) is 11.8 Å². The molecule has 0 atom stereocenters. The zero-order chi connectivity index (χ0) is 28.2. The number of aryl methyl sites for hydroxylation is 2. The predicted octanol–water partition coefficient (Wildman–Crippen LogP) is 7.12. The van der Waals surface area contributed by atoms with Crippen molar-refractivity contribution in [2.75, 3.05) is 19.8 Å². The van der Waals surface area contributed by atoms with Gasteiger partial charge in [0.25, 0.3) is 5.91 Å². The fraction of sp³-hybridized carbons (Fsp3) is 0.194. The van der Waals surface area contributed by atoms with Crippen LogP contribution in [0.5, 0.6) is 17.2 Å². The maximum atomic E-state index is 12.9. The third-order valence-electron chi connectivity index (χ3n) is 6.43. The number of amides is 1. The summed E-state index contributed by atoms with van der Waals surface area (Å²) in [5.41, 5.74) is 4.72. The molecule has 5 rings (SSSR count). The zero-order valence-electron chi connectivity index (χ0n) is 22.4. The number of ether oxygens (including phenoxy) is 3. The number of nitrogens with one attached hydrogen (secondary N) is 1. The maximum absolute atomic E-state index is 12.9. The normalized spacial score (nSPS) is 15.6. The summed E-state index contributed by atoms with van der Waals surface area (Å²) >= 11 is 7.72. The van der Waals surface area contributed by atoms with Crippen LogP contribution in [0.4, 0.5) is 0 Å². The lowest BCUT2D eigenvalue weighted by Crippen LogP contribution is -2.38. The highest BCUT2D eigenvalue weighted by molar-refractivity contribution is 8.17. The van der Waals surface area contributed by atoms with Gasteiger partial charge in [0, 0.05) is 16.0 Å². The lowest BCUT2D eigenvalue weighted by atomic mass is 10.1. The number of carbonyl (C=O) groups excluding carboxylic acids is 1. The molecule has 40 heavy (non-hydrogen) atoms. The molecule has 2 aliphatic rings. The van der Waals surface area contributed by atoms with Gasteiger partial charge in [0.05, 0.1) is 17.9 Å². The van der Waals surface area contributed by atoms with E-state index in [1.807, 2.05) is 54.8 Å². The van der Waals surface area contributed by atoms with Crippen molar-refractivity contribution in [2.45, 2.75) is 20.8 Å². The van der Waals surface area contributed by atoms with E-state index in [2.05, 4.69) is 18.8 Å². The Labute approximate surface area is 242 Å². The molecule has 0 bridgehead atoms. The summed E-state index contributed by atoms with van der Waals surface area (Å²) in [7, 11) is 0. The highest BCUT2D eigenvalue weighted by atomic mass is 35.5. The van der Waals surface area contributed by atoms with Crippen molar-refractivity contribution in [3.63, 3.8) is 0 Å². The molecular weight excluding hydrogens is 546 g/mol. The molecule has 7 nitrogen and oxygen atoms in total. The van der Waals surface area contributed by atoms with E-state index >= 15 is 0 Å². The minimum atomic E-state index is -0.473. The van der Waals surface area contributed by atoms with Crippen molar-refractivity contribution in [3.05, 3.63) is 98.9 Å². The summed E-state index contributed by atoms with van der Waals surface area (Å²) in [6.07, 6.45) is 1.65. The molecule has 0 unspecified atom stereocenters. The number of thioether (sulfide) groups is 1. The van der Waals surface area contributed by atoms with Crippen molar-refractivity contribution in [1.82, 2.24) is 4.90 Å². The minimum Gasteiger partial charge on any atom is -0.490 e. The van der Waals surface area contributed by atoms with Gasteiger partial charge in [-0.3, -0.25) is 15.1 Å². The number of aliphatic imine (C=N–C) groups is 1. The average molecular weight is 574 g/mol. The molecule has 0 saturated carbocycles. The molecule has 0 aliphatic carbocycles.